The molecule has 1 aliphatic carbocycles. The van der Waals surface area contributed by atoms with Crippen LogP contribution in [-0.4, -0.2) is 53.1 Å². The van der Waals surface area contributed by atoms with E-state index in [4.69, 9.17) is 9.56 Å². The molecule has 2 heterocycles. The van der Waals surface area contributed by atoms with Gasteiger partial charge in [0.1, 0.15) is 18.2 Å². The lowest BCUT2D eigenvalue weighted by Crippen LogP contribution is -2.24. The van der Waals surface area contributed by atoms with Crippen molar-refractivity contribution in [1.29, 1.82) is 0 Å². The molecule has 1 aliphatic rings. The van der Waals surface area contributed by atoms with Crippen LogP contribution in [0.25, 0.3) is 0 Å². The lowest BCUT2D eigenvalue weighted by Gasteiger charge is -2.15. The summed E-state index contributed by atoms with van der Waals surface area (Å²) >= 11 is 0. The van der Waals surface area contributed by atoms with Crippen molar-refractivity contribution >= 4 is 21.9 Å². The zero-order valence-corrected chi connectivity index (χ0v) is 17.6. The van der Waals surface area contributed by atoms with Crippen LogP contribution in [0.1, 0.15) is 47.6 Å². The molecule has 0 saturated heterocycles. The number of nitrogens with zero attached hydrogens (tertiary/aromatic N) is 2. The van der Waals surface area contributed by atoms with Crippen molar-refractivity contribution in [2.24, 2.45) is 11.1 Å². The third kappa shape index (κ3) is 5.74. The molecule has 0 unspecified atom stereocenters. The number of hydrogen-bond acceptors (Lipinski definition) is 10. The van der Waals surface area contributed by atoms with Crippen LogP contribution in [0.2, 0.25) is 0 Å². The van der Waals surface area contributed by atoms with Gasteiger partial charge in [-0.15, -0.1) is 0 Å². The second-order valence-electron chi connectivity index (χ2n) is 7.52. The van der Waals surface area contributed by atoms with Crippen molar-refractivity contribution in [2.75, 3.05) is 11.9 Å². The Morgan fingerprint density at radius 1 is 1.48 bits per heavy atom. The Bertz CT molecular complexity index is 1070. The number of carbonyl (C=O) groups is 1. The predicted octanol–water partition coefficient (Wildman–Crippen LogP) is 0.682. The molecule has 0 radical (unpaired) electrons. The summed E-state index contributed by atoms with van der Waals surface area (Å²) in [6.45, 7) is 5.09. The standard InChI is InChI=1S/C19H24N4O7S/c1-10(2)17(25)12-4-16(29-7-12)18(26)14-6-21-9-22-19(14)23-13-3-11(15(24)5-13)8-30-31(20,27)28/h4,6-7,9,11,13,15,17,24-25H,1,3,5,8H2,2H3,(H2,20,27,28)(H,21,22,23)/t11-,13-,15+,17-/m1/s1. The van der Waals surface area contributed by atoms with Crippen LogP contribution in [-0.2, 0) is 14.5 Å². The van der Waals surface area contributed by atoms with Crippen molar-refractivity contribution in [3.05, 3.63) is 53.9 Å². The van der Waals surface area contributed by atoms with Gasteiger partial charge in [-0.3, -0.25) is 8.98 Å². The SMILES string of the molecule is C=C(C)[C@@H](O)c1coc(C(=O)c2cncnc2N[C@@H]2C[C@H](COS(N)(=O)=O)[C@@H](O)C2)c1. The van der Waals surface area contributed by atoms with Crippen LogP contribution in [0.3, 0.4) is 0 Å². The summed E-state index contributed by atoms with van der Waals surface area (Å²) < 4.78 is 31.9. The number of aromatic nitrogens is 2. The van der Waals surface area contributed by atoms with E-state index >= 15 is 0 Å². The molecule has 1 saturated carbocycles. The van der Waals surface area contributed by atoms with Crippen molar-refractivity contribution < 1.29 is 32.0 Å². The number of hydrogen-bond donors (Lipinski definition) is 4. The normalized spacial score (nSPS) is 22.3. The van der Waals surface area contributed by atoms with E-state index in [1.165, 1.54) is 24.9 Å². The topological polar surface area (TPSA) is 178 Å². The number of nitrogens with two attached hydrogens (primary N) is 1. The fourth-order valence-corrected chi connectivity index (χ4v) is 3.78. The van der Waals surface area contributed by atoms with E-state index in [-0.39, 0.29) is 29.8 Å². The van der Waals surface area contributed by atoms with Crippen LogP contribution < -0.4 is 10.5 Å². The van der Waals surface area contributed by atoms with Crippen LogP contribution in [0, 0.1) is 5.92 Å². The Balaban J connectivity index is 1.72. The maximum Gasteiger partial charge on any atom is 0.333 e. The highest BCUT2D eigenvalue weighted by molar-refractivity contribution is 7.84. The number of carbonyl (C=O) groups excluding carboxylic acids is 1. The summed E-state index contributed by atoms with van der Waals surface area (Å²) in [7, 11) is -4.10. The van der Waals surface area contributed by atoms with E-state index in [0.717, 1.165) is 0 Å². The largest absolute Gasteiger partial charge is 0.460 e. The third-order valence-electron chi connectivity index (χ3n) is 5.03. The minimum atomic E-state index is -4.10. The third-order valence-corrected chi connectivity index (χ3v) is 5.49. The summed E-state index contributed by atoms with van der Waals surface area (Å²) in [6, 6.07) is 1.14. The van der Waals surface area contributed by atoms with E-state index in [9.17, 15) is 23.4 Å². The van der Waals surface area contributed by atoms with E-state index in [0.29, 0.717) is 24.0 Å². The number of furan rings is 1. The van der Waals surface area contributed by atoms with Crippen molar-refractivity contribution in [3.63, 3.8) is 0 Å². The highest BCUT2D eigenvalue weighted by Crippen LogP contribution is 2.30. The number of aliphatic hydroxyl groups excluding tert-OH is 2. The maximum absolute atomic E-state index is 12.9. The summed E-state index contributed by atoms with van der Waals surface area (Å²) in [6.07, 6.45) is 2.80. The molecule has 168 valence electrons. The van der Waals surface area contributed by atoms with E-state index in [1.807, 2.05) is 0 Å². The average Bonchev–Trinajstić information content (AvgIpc) is 3.32. The molecule has 0 aliphatic heterocycles. The molecule has 1 fully saturated rings. The zero-order chi connectivity index (χ0) is 22.8. The average molecular weight is 452 g/mol. The molecule has 4 atom stereocenters. The molecule has 3 rings (SSSR count). The van der Waals surface area contributed by atoms with Crippen LogP contribution in [0.4, 0.5) is 5.82 Å². The summed E-state index contributed by atoms with van der Waals surface area (Å²) in [5, 5.41) is 28.2. The minimum absolute atomic E-state index is 0.000893. The number of rotatable bonds is 9. The Morgan fingerprint density at radius 2 is 2.23 bits per heavy atom. The molecule has 2 aromatic rings. The summed E-state index contributed by atoms with van der Waals surface area (Å²) in [5.74, 6) is -0.702. The quantitative estimate of drug-likeness (QED) is 0.312. The van der Waals surface area contributed by atoms with Gasteiger partial charge in [0, 0.05) is 23.7 Å². The Labute approximate surface area is 179 Å². The van der Waals surface area contributed by atoms with Gasteiger partial charge in [0.05, 0.1) is 24.5 Å². The predicted molar refractivity (Wildman–Crippen MR) is 109 cm³/mol. The first kappa shape index (κ1) is 23.0. The van der Waals surface area contributed by atoms with Crippen LogP contribution >= 0.6 is 0 Å². The monoisotopic (exact) mass is 452 g/mol. The van der Waals surface area contributed by atoms with E-state index in [1.54, 1.807) is 6.92 Å². The lowest BCUT2D eigenvalue weighted by molar-refractivity contribution is 0.100. The first-order valence-corrected chi connectivity index (χ1v) is 10.9. The number of ketones is 1. The molecular weight excluding hydrogens is 428 g/mol. The van der Waals surface area contributed by atoms with Gasteiger partial charge in [0.2, 0.25) is 5.78 Å². The second-order valence-corrected chi connectivity index (χ2v) is 8.75. The van der Waals surface area contributed by atoms with Gasteiger partial charge >= 0.3 is 10.3 Å². The second kappa shape index (κ2) is 9.24. The maximum atomic E-state index is 12.9. The summed E-state index contributed by atoms with van der Waals surface area (Å²) in [4.78, 5) is 20.9. The minimum Gasteiger partial charge on any atom is -0.460 e. The number of nitrogens with one attached hydrogen (secondary N) is 1. The molecule has 0 aromatic carbocycles. The Hall–Kier alpha value is -2.64. The van der Waals surface area contributed by atoms with Crippen molar-refractivity contribution in [3.8, 4) is 0 Å². The number of anilines is 1. The fraction of sp³-hybridized carbons (Fsp3) is 0.421. The van der Waals surface area contributed by atoms with E-state index in [2.05, 4.69) is 26.0 Å². The van der Waals surface area contributed by atoms with Gasteiger partial charge in [-0.05, 0) is 31.4 Å². The molecule has 2 aromatic heterocycles. The zero-order valence-electron chi connectivity index (χ0n) is 16.8. The highest BCUT2D eigenvalue weighted by atomic mass is 32.2. The Morgan fingerprint density at radius 3 is 2.90 bits per heavy atom. The van der Waals surface area contributed by atoms with Gasteiger partial charge in [-0.1, -0.05) is 6.58 Å². The van der Waals surface area contributed by atoms with Gasteiger partial charge < -0.3 is 19.9 Å². The molecule has 11 nitrogen and oxygen atoms in total. The fourth-order valence-electron chi connectivity index (χ4n) is 3.42. The number of aliphatic hydroxyl groups is 2. The van der Waals surface area contributed by atoms with Gasteiger partial charge in [0.15, 0.2) is 5.76 Å². The van der Waals surface area contributed by atoms with Crippen molar-refractivity contribution in [2.45, 2.75) is 38.0 Å². The van der Waals surface area contributed by atoms with Crippen LogP contribution in [0.15, 0.2) is 41.4 Å². The molecule has 31 heavy (non-hydrogen) atoms. The smallest absolute Gasteiger partial charge is 0.333 e. The molecular formula is C19H24N4O7S. The van der Waals surface area contributed by atoms with Gasteiger partial charge in [0.25, 0.3) is 0 Å². The molecule has 12 heteroatoms. The highest BCUT2D eigenvalue weighted by Gasteiger charge is 2.35. The van der Waals surface area contributed by atoms with Gasteiger partial charge in [-0.2, -0.15) is 8.42 Å². The first-order chi connectivity index (χ1) is 14.5. The molecule has 0 spiro atoms. The van der Waals surface area contributed by atoms with Crippen LogP contribution in [0.5, 0.6) is 0 Å². The molecule has 5 N–H and O–H groups in total. The van der Waals surface area contributed by atoms with Crippen molar-refractivity contribution in [1.82, 2.24) is 9.97 Å². The lowest BCUT2D eigenvalue weighted by atomic mass is 10.1. The molecule has 0 bridgehead atoms. The van der Waals surface area contributed by atoms with E-state index < -0.39 is 34.2 Å². The summed E-state index contributed by atoms with van der Waals surface area (Å²) in [5.41, 5.74) is 1.05. The van der Waals surface area contributed by atoms with Gasteiger partial charge in [-0.25, -0.2) is 15.1 Å². The first-order valence-electron chi connectivity index (χ1n) is 9.43. The Kier molecular flexibility index (Phi) is 6.86. The molecule has 0 amide bonds.